The van der Waals surface area contributed by atoms with Crippen LogP contribution in [0.25, 0.3) is 0 Å². The molecule has 210 valence electrons. The minimum Gasteiger partial charge on any atom is -0.466 e. The van der Waals surface area contributed by atoms with E-state index in [0.29, 0.717) is 19.3 Å². The van der Waals surface area contributed by atoms with Crippen LogP contribution in [0.5, 0.6) is 0 Å². The van der Waals surface area contributed by atoms with Gasteiger partial charge in [0.15, 0.2) is 0 Å². The third-order valence-electron chi connectivity index (χ3n) is 9.35. The second-order valence-corrected chi connectivity index (χ2v) is 13.3. The van der Waals surface area contributed by atoms with Gasteiger partial charge in [-0.3, -0.25) is 18.6 Å². The number of fused-ring (bicyclic) bond motifs is 1. The summed E-state index contributed by atoms with van der Waals surface area (Å²) in [5.41, 5.74) is 0.231. The average Bonchev–Trinajstić information content (AvgIpc) is 3.01. The molecule has 8 unspecified atom stereocenters. The van der Waals surface area contributed by atoms with Crippen LogP contribution in [0.4, 0.5) is 0 Å². The van der Waals surface area contributed by atoms with Gasteiger partial charge in [-0.15, -0.1) is 0 Å². The Morgan fingerprint density at radius 1 is 0.919 bits per heavy atom. The molecule has 0 N–H and O–H groups in total. The third-order valence-corrected chi connectivity index (χ3v) is 9.92. The fourth-order valence-corrected chi connectivity index (χ4v) is 7.85. The van der Waals surface area contributed by atoms with Crippen LogP contribution in [-0.4, -0.2) is 58.0 Å². The van der Waals surface area contributed by atoms with Gasteiger partial charge in [-0.2, -0.15) is 8.42 Å². The minimum atomic E-state index is -3.68. The number of hydrogen-bond donors (Lipinski definition) is 0. The van der Waals surface area contributed by atoms with E-state index in [2.05, 4.69) is 20.4 Å². The van der Waals surface area contributed by atoms with E-state index in [1.54, 1.807) is 0 Å². The quantitative estimate of drug-likeness (QED) is 0.195. The van der Waals surface area contributed by atoms with Gasteiger partial charge in [0.05, 0.1) is 19.5 Å². The molecule has 0 aromatic carbocycles. The lowest BCUT2D eigenvalue weighted by molar-refractivity contribution is -0.161. The third kappa shape index (κ3) is 6.56. The van der Waals surface area contributed by atoms with Crippen molar-refractivity contribution < 1.29 is 41.2 Å². The predicted molar refractivity (Wildman–Crippen MR) is 136 cm³/mol. The summed E-state index contributed by atoms with van der Waals surface area (Å²) in [6.45, 7) is 13.0. The lowest BCUT2D eigenvalue weighted by atomic mass is 9.49. The summed E-state index contributed by atoms with van der Waals surface area (Å²) in [6, 6.07) is 0. The molecule has 0 aliphatic heterocycles. The van der Waals surface area contributed by atoms with Crippen LogP contribution in [0, 0.1) is 34.5 Å². The van der Waals surface area contributed by atoms with Crippen molar-refractivity contribution in [3.63, 3.8) is 0 Å². The van der Waals surface area contributed by atoms with E-state index in [-0.39, 0.29) is 71.7 Å². The van der Waals surface area contributed by atoms with Crippen LogP contribution in [0.2, 0.25) is 0 Å². The summed E-state index contributed by atoms with van der Waals surface area (Å²) in [7, 11) is -3.68. The second kappa shape index (κ2) is 11.0. The maximum Gasteiger partial charge on any atom is 0.303 e. The van der Waals surface area contributed by atoms with Crippen LogP contribution in [0.3, 0.4) is 0 Å². The Hall–Kier alpha value is -1.94. The number of rotatable bonds is 8. The van der Waals surface area contributed by atoms with E-state index in [9.17, 15) is 22.8 Å². The highest BCUT2D eigenvalue weighted by Gasteiger charge is 2.60. The maximum atomic E-state index is 12.1. The lowest BCUT2D eigenvalue weighted by Gasteiger charge is -2.56. The topological polar surface area (TPSA) is 122 Å². The number of carbonyl (C=O) groups is 3. The van der Waals surface area contributed by atoms with Crippen LogP contribution in [-0.2, 0) is 42.9 Å². The highest BCUT2D eigenvalue weighted by molar-refractivity contribution is 7.85. The summed E-state index contributed by atoms with van der Waals surface area (Å²) in [5, 5.41) is 0. The van der Waals surface area contributed by atoms with E-state index >= 15 is 0 Å². The fourth-order valence-electron chi connectivity index (χ4n) is 7.44. The summed E-state index contributed by atoms with van der Waals surface area (Å²) in [5.74, 6) is -1.27. The minimum absolute atomic E-state index is 0.00208. The average molecular weight is 543 g/mol. The number of esters is 3. The molecule has 10 heteroatoms. The molecule has 3 aliphatic rings. The number of hydrogen-bond acceptors (Lipinski definition) is 9. The van der Waals surface area contributed by atoms with E-state index in [0.717, 1.165) is 31.1 Å². The van der Waals surface area contributed by atoms with Gasteiger partial charge in [0.25, 0.3) is 10.1 Å². The van der Waals surface area contributed by atoms with Gasteiger partial charge in [-0.1, -0.05) is 20.4 Å². The zero-order valence-corrected chi connectivity index (χ0v) is 23.7. The van der Waals surface area contributed by atoms with Crippen molar-refractivity contribution in [1.29, 1.82) is 0 Å². The molecule has 9 nitrogen and oxygen atoms in total. The van der Waals surface area contributed by atoms with Crippen molar-refractivity contribution in [3.05, 3.63) is 12.2 Å². The van der Waals surface area contributed by atoms with Crippen molar-refractivity contribution in [3.8, 4) is 0 Å². The molecule has 3 aliphatic carbocycles. The van der Waals surface area contributed by atoms with Crippen LogP contribution in [0.1, 0.15) is 73.1 Å². The molecule has 0 aromatic rings. The Bertz CT molecular complexity index is 1020. The Kier molecular flexibility index (Phi) is 8.84. The van der Waals surface area contributed by atoms with Gasteiger partial charge in [-0.25, -0.2) is 0 Å². The normalized spacial score (nSPS) is 37.9. The van der Waals surface area contributed by atoms with Crippen LogP contribution < -0.4 is 0 Å². The maximum absolute atomic E-state index is 12.1. The van der Waals surface area contributed by atoms with Gasteiger partial charge in [0.2, 0.25) is 0 Å². The van der Waals surface area contributed by atoms with Crippen LogP contribution >= 0.6 is 0 Å². The van der Waals surface area contributed by atoms with Crippen molar-refractivity contribution >= 4 is 28.0 Å². The van der Waals surface area contributed by atoms with Gasteiger partial charge in [0, 0.05) is 26.7 Å². The molecule has 0 radical (unpaired) electrons. The Morgan fingerprint density at radius 3 is 2.14 bits per heavy atom. The first kappa shape index (κ1) is 29.6. The molecule has 3 fully saturated rings. The summed E-state index contributed by atoms with van der Waals surface area (Å²) in [4.78, 5) is 35.2. The van der Waals surface area contributed by atoms with E-state index in [1.165, 1.54) is 20.8 Å². The predicted octanol–water partition coefficient (Wildman–Crippen LogP) is 3.80. The van der Waals surface area contributed by atoms with Gasteiger partial charge in [0.1, 0.15) is 12.2 Å². The molecule has 3 rings (SSSR count). The molecular formula is C27H42O9S. The smallest absolute Gasteiger partial charge is 0.303 e. The summed E-state index contributed by atoms with van der Waals surface area (Å²) < 4.78 is 46.2. The largest absolute Gasteiger partial charge is 0.466 e. The highest BCUT2D eigenvalue weighted by Crippen LogP contribution is 2.64. The second-order valence-electron chi connectivity index (χ2n) is 11.7. The lowest BCUT2D eigenvalue weighted by Crippen LogP contribution is -2.52. The zero-order valence-electron chi connectivity index (χ0n) is 22.9. The first-order valence-corrected chi connectivity index (χ1v) is 14.9. The molecule has 0 amide bonds. The highest BCUT2D eigenvalue weighted by atomic mass is 32.2. The fraction of sp³-hybridized carbons (Fsp3) is 0.815. The zero-order chi connectivity index (χ0) is 27.8. The Balaban J connectivity index is 1.97. The monoisotopic (exact) mass is 542 g/mol. The van der Waals surface area contributed by atoms with Gasteiger partial charge in [-0.05, 0) is 72.7 Å². The number of carbonyl (C=O) groups excluding carboxylic acids is 3. The van der Waals surface area contributed by atoms with Gasteiger partial charge < -0.3 is 14.2 Å². The molecule has 0 heterocycles. The van der Waals surface area contributed by atoms with Crippen molar-refractivity contribution in [1.82, 2.24) is 0 Å². The van der Waals surface area contributed by atoms with E-state index in [1.807, 2.05) is 0 Å². The van der Waals surface area contributed by atoms with Crippen LogP contribution in [0.15, 0.2) is 12.2 Å². The van der Waals surface area contributed by atoms with Gasteiger partial charge >= 0.3 is 17.9 Å². The molecule has 8 atom stereocenters. The molecule has 37 heavy (non-hydrogen) atoms. The van der Waals surface area contributed by atoms with Crippen molar-refractivity contribution in [2.24, 2.45) is 34.5 Å². The molecule has 0 aromatic heterocycles. The van der Waals surface area contributed by atoms with E-state index < -0.39 is 16.2 Å². The Labute approximate surface area is 220 Å². The number of ether oxygens (including phenoxy) is 3. The first-order chi connectivity index (χ1) is 17.1. The van der Waals surface area contributed by atoms with E-state index in [4.69, 9.17) is 18.4 Å². The summed E-state index contributed by atoms with van der Waals surface area (Å²) in [6.07, 6.45) is 4.51. The van der Waals surface area contributed by atoms with Crippen molar-refractivity contribution in [2.45, 2.75) is 85.4 Å². The summed E-state index contributed by atoms with van der Waals surface area (Å²) >= 11 is 0. The molecular weight excluding hydrogens is 500 g/mol. The SMILES string of the molecule is C=C1C(OC(C)=O)CC2C(COS(C)(=O)=O)C(C3(C)CCC(OC(C)=O)CC3COC(C)=O)CCC12C. The molecule has 0 spiro atoms. The first-order valence-electron chi connectivity index (χ1n) is 13.1. The molecule has 0 bridgehead atoms. The Morgan fingerprint density at radius 2 is 1.57 bits per heavy atom. The molecule has 3 saturated carbocycles. The van der Waals surface area contributed by atoms with Crippen molar-refractivity contribution in [2.75, 3.05) is 19.5 Å². The standard InChI is InChI=1S/C27H42O9S/c1-16-25(36-19(4)30)13-24-22(15-34-37(7,31)32)23(9-11-26(16,24)5)27(6)10-8-21(35-18(3)29)12-20(27)14-33-17(2)28/h20-25H,1,8-15H2,2-7H3. The molecule has 0 saturated heterocycles.